The van der Waals surface area contributed by atoms with Gasteiger partial charge >= 0.3 is 0 Å². The van der Waals surface area contributed by atoms with Gasteiger partial charge in [-0.15, -0.1) is 0 Å². The molecule has 9 heteroatoms. The fourth-order valence-electron chi connectivity index (χ4n) is 1.35. The molecule has 0 unspecified atom stereocenters. The molecule has 0 bridgehead atoms. The van der Waals surface area contributed by atoms with E-state index in [2.05, 4.69) is 14.8 Å². The van der Waals surface area contributed by atoms with Crippen molar-refractivity contribution in [1.82, 2.24) is 19.3 Å². The van der Waals surface area contributed by atoms with E-state index in [1.807, 2.05) is 6.07 Å². The molecule has 2 heterocycles. The number of nitrogens with one attached hydrogen (secondary N) is 1. The van der Waals surface area contributed by atoms with Crippen molar-refractivity contribution < 1.29 is 8.42 Å². The molecule has 0 aliphatic rings. The van der Waals surface area contributed by atoms with E-state index in [1.165, 1.54) is 28.0 Å². The van der Waals surface area contributed by atoms with Crippen LogP contribution in [0, 0.1) is 11.3 Å². The zero-order valence-corrected chi connectivity index (χ0v) is 10.5. The quantitative estimate of drug-likeness (QED) is 0.830. The van der Waals surface area contributed by atoms with E-state index < -0.39 is 10.0 Å². The third-order valence-corrected chi connectivity index (χ3v) is 3.36. The van der Waals surface area contributed by atoms with Crippen molar-refractivity contribution in [2.24, 2.45) is 14.1 Å². The molecule has 0 aliphatic carbocycles. The van der Waals surface area contributed by atoms with Gasteiger partial charge in [0.15, 0.2) is 10.8 Å². The average Bonchev–Trinajstić information content (AvgIpc) is 2.84. The molecule has 0 aromatic carbocycles. The molecule has 0 fully saturated rings. The van der Waals surface area contributed by atoms with Crippen LogP contribution < -0.4 is 4.72 Å². The van der Waals surface area contributed by atoms with Gasteiger partial charge in [0, 0.05) is 26.5 Å². The molecule has 2 rings (SSSR count). The third kappa shape index (κ3) is 2.18. The zero-order chi connectivity index (χ0) is 13.3. The summed E-state index contributed by atoms with van der Waals surface area (Å²) in [4.78, 5) is 3.74. The molecule has 0 saturated carbocycles. The van der Waals surface area contributed by atoms with E-state index >= 15 is 0 Å². The number of hydrogen-bond donors (Lipinski definition) is 1. The zero-order valence-electron chi connectivity index (χ0n) is 9.69. The van der Waals surface area contributed by atoms with Crippen LogP contribution >= 0.6 is 0 Å². The average molecular weight is 266 g/mol. The number of sulfonamides is 1. The molecule has 1 N–H and O–H groups in total. The number of anilines is 1. The van der Waals surface area contributed by atoms with Crippen LogP contribution in [0.3, 0.4) is 0 Å². The third-order valence-electron chi connectivity index (χ3n) is 2.14. The highest BCUT2D eigenvalue weighted by molar-refractivity contribution is 7.92. The minimum absolute atomic E-state index is 0.00865. The van der Waals surface area contributed by atoms with Gasteiger partial charge in [-0.25, -0.2) is 4.98 Å². The summed E-state index contributed by atoms with van der Waals surface area (Å²) >= 11 is 0. The van der Waals surface area contributed by atoms with Crippen LogP contribution in [0.4, 0.5) is 5.82 Å². The summed E-state index contributed by atoms with van der Waals surface area (Å²) in [6, 6.07) is 1.86. The Balaban J connectivity index is 2.37. The van der Waals surface area contributed by atoms with Crippen molar-refractivity contribution in [2.45, 2.75) is 5.03 Å². The van der Waals surface area contributed by atoms with E-state index in [0.717, 1.165) is 0 Å². The minimum atomic E-state index is -3.82. The second kappa shape index (κ2) is 4.15. The van der Waals surface area contributed by atoms with Gasteiger partial charge in [0.25, 0.3) is 10.0 Å². The van der Waals surface area contributed by atoms with Crippen molar-refractivity contribution in [3.05, 3.63) is 24.3 Å². The Bertz CT molecular complexity index is 721. The van der Waals surface area contributed by atoms with Gasteiger partial charge < -0.3 is 4.57 Å². The summed E-state index contributed by atoms with van der Waals surface area (Å²) in [5, 5.41) is 12.6. The molecule has 0 spiro atoms. The van der Waals surface area contributed by atoms with Gasteiger partial charge in [-0.1, -0.05) is 0 Å². The molecular formula is C9H10N6O2S. The number of rotatable bonds is 3. The predicted molar refractivity (Wildman–Crippen MR) is 61.9 cm³/mol. The van der Waals surface area contributed by atoms with Gasteiger partial charge in [0.2, 0.25) is 0 Å². The molecule has 0 atom stereocenters. The molecule has 8 nitrogen and oxygen atoms in total. The van der Waals surface area contributed by atoms with Crippen LogP contribution in [0.5, 0.6) is 0 Å². The summed E-state index contributed by atoms with van der Waals surface area (Å²) in [5.41, 5.74) is 0.150. The van der Waals surface area contributed by atoms with E-state index in [4.69, 9.17) is 5.26 Å². The number of aromatic nitrogens is 4. The first-order valence-corrected chi connectivity index (χ1v) is 6.35. The maximum atomic E-state index is 11.9. The van der Waals surface area contributed by atoms with Crippen molar-refractivity contribution >= 4 is 15.8 Å². The monoisotopic (exact) mass is 266 g/mol. The highest BCUT2D eigenvalue weighted by Crippen LogP contribution is 2.16. The molecule has 0 saturated heterocycles. The largest absolute Gasteiger partial charge is 0.339 e. The van der Waals surface area contributed by atoms with Crippen molar-refractivity contribution in [3.63, 3.8) is 0 Å². The summed E-state index contributed by atoms with van der Waals surface area (Å²) in [7, 11) is -0.564. The molecule has 18 heavy (non-hydrogen) atoms. The van der Waals surface area contributed by atoms with E-state index in [1.54, 1.807) is 14.1 Å². The summed E-state index contributed by atoms with van der Waals surface area (Å²) in [6.45, 7) is 0. The molecule has 2 aromatic heterocycles. The summed E-state index contributed by atoms with van der Waals surface area (Å²) < 4.78 is 29.0. The predicted octanol–water partition coefficient (Wildman–Crippen LogP) is -0.174. The van der Waals surface area contributed by atoms with Crippen molar-refractivity contribution in [1.29, 1.82) is 5.26 Å². The first-order chi connectivity index (χ1) is 8.42. The maximum Gasteiger partial charge on any atom is 0.282 e. The maximum absolute atomic E-state index is 11.9. The number of imidazole rings is 1. The Kier molecular flexibility index (Phi) is 2.80. The highest BCUT2D eigenvalue weighted by atomic mass is 32.2. The summed E-state index contributed by atoms with van der Waals surface area (Å²) in [5.74, 6) is -0.00865. The van der Waals surface area contributed by atoms with Gasteiger partial charge in [0.05, 0.1) is 6.33 Å². The topological polar surface area (TPSA) is 106 Å². The fourth-order valence-corrected chi connectivity index (χ4v) is 2.35. The smallest absolute Gasteiger partial charge is 0.282 e. The van der Waals surface area contributed by atoms with Gasteiger partial charge in [-0.2, -0.15) is 18.8 Å². The van der Waals surface area contributed by atoms with Crippen molar-refractivity contribution in [3.8, 4) is 6.07 Å². The Morgan fingerprint density at radius 2 is 2.11 bits per heavy atom. The van der Waals surface area contributed by atoms with E-state index in [-0.39, 0.29) is 16.4 Å². The second-order valence-corrected chi connectivity index (χ2v) is 5.29. The van der Waals surface area contributed by atoms with E-state index in [9.17, 15) is 8.42 Å². The molecule has 0 radical (unpaired) electrons. The molecule has 94 valence electrons. The Morgan fingerprint density at radius 1 is 1.39 bits per heavy atom. The highest BCUT2D eigenvalue weighted by Gasteiger charge is 2.20. The number of aryl methyl sites for hydroxylation is 2. The number of nitriles is 1. The lowest BCUT2D eigenvalue weighted by molar-refractivity contribution is 0.597. The van der Waals surface area contributed by atoms with Gasteiger partial charge in [-0.3, -0.25) is 9.40 Å². The van der Waals surface area contributed by atoms with Crippen molar-refractivity contribution in [2.75, 3.05) is 4.72 Å². The Morgan fingerprint density at radius 3 is 2.67 bits per heavy atom. The molecule has 0 amide bonds. The van der Waals surface area contributed by atoms with E-state index in [0.29, 0.717) is 0 Å². The first-order valence-electron chi connectivity index (χ1n) is 4.87. The van der Waals surface area contributed by atoms with Crippen LogP contribution in [0.2, 0.25) is 0 Å². The standard InChI is InChI=1S/C9H10N6O2S/c1-14-5-8(11-6-14)18(16,17)13-9-7(3-10)4-15(2)12-9/h4-6H,1-2H3,(H,12,13). The fraction of sp³-hybridized carbons (Fsp3) is 0.222. The normalized spacial score (nSPS) is 11.2. The summed E-state index contributed by atoms with van der Waals surface area (Å²) in [6.07, 6.45) is 4.16. The second-order valence-electron chi connectivity index (χ2n) is 3.66. The lowest BCUT2D eigenvalue weighted by Crippen LogP contribution is -2.14. The Labute approximate surface area is 104 Å². The first kappa shape index (κ1) is 12.1. The lowest BCUT2D eigenvalue weighted by Gasteiger charge is -2.02. The minimum Gasteiger partial charge on any atom is -0.339 e. The van der Waals surface area contributed by atoms with Crippen LogP contribution in [-0.2, 0) is 24.1 Å². The molecule has 0 aliphatic heterocycles. The van der Waals surface area contributed by atoms with Crippen LogP contribution in [-0.4, -0.2) is 27.7 Å². The van der Waals surface area contributed by atoms with Crippen LogP contribution in [0.25, 0.3) is 0 Å². The number of nitrogens with zero attached hydrogens (tertiary/aromatic N) is 5. The molecular weight excluding hydrogens is 256 g/mol. The van der Waals surface area contributed by atoms with Gasteiger partial charge in [-0.05, 0) is 0 Å². The SMILES string of the molecule is Cn1cnc(S(=O)(=O)Nc2nn(C)cc2C#N)c1. The van der Waals surface area contributed by atoms with Crippen LogP contribution in [0.1, 0.15) is 5.56 Å². The lowest BCUT2D eigenvalue weighted by atomic mass is 10.4. The number of hydrogen-bond acceptors (Lipinski definition) is 5. The Hall–Kier alpha value is -2.34. The van der Waals surface area contributed by atoms with Crippen LogP contribution in [0.15, 0.2) is 23.7 Å². The van der Waals surface area contributed by atoms with Gasteiger partial charge in [0.1, 0.15) is 11.6 Å². The molecule has 2 aromatic rings.